The summed E-state index contributed by atoms with van der Waals surface area (Å²) in [6.07, 6.45) is 2.19. The van der Waals surface area contributed by atoms with Gasteiger partial charge in [0.25, 0.3) is 0 Å². The fourth-order valence-electron chi connectivity index (χ4n) is 2.34. The van der Waals surface area contributed by atoms with Gasteiger partial charge in [-0.25, -0.2) is 4.99 Å². The van der Waals surface area contributed by atoms with Crippen LogP contribution in [0, 0.1) is 0 Å². The fraction of sp³-hybridized carbons (Fsp3) is 0.588. The molecule has 0 radical (unpaired) electrons. The molecule has 0 saturated carbocycles. The van der Waals surface area contributed by atoms with Gasteiger partial charge in [-0.3, -0.25) is 0 Å². The van der Waals surface area contributed by atoms with Crippen LogP contribution in [0.1, 0.15) is 25.3 Å². The number of nitrogens with one attached hydrogen (secondary N) is 2. The van der Waals surface area contributed by atoms with Crippen molar-refractivity contribution in [2.75, 3.05) is 32.9 Å². The summed E-state index contributed by atoms with van der Waals surface area (Å²) in [5, 5.41) is 16.0. The highest BCUT2D eigenvalue weighted by Gasteiger charge is 2.15. The number of benzene rings is 1. The number of phenolic OH excluding ortho intramolecular Hbond substituents is 1. The van der Waals surface area contributed by atoms with Gasteiger partial charge in [0.15, 0.2) is 5.96 Å². The van der Waals surface area contributed by atoms with Crippen molar-refractivity contribution in [1.82, 2.24) is 10.6 Å². The predicted molar refractivity (Wildman–Crippen MR) is 90.7 cm³/mol. The zero-order valence-corrected chi connectivity index (χ0v) is 13.8. The Hall–Kier alpha value is -1.79. The number of hydrogen-bond donors (Lipinski definition) is 3. The number of ether oxygens (including phenoxy) is 2. The van der Waals surface area contributed by atoms with Gasteiger partial charge in [-0.05, 0) is 37.5 Å². The molecule has 128 valence electrons. The Morgan fingerprint density at radius 1 is 1.43 bits per heavy atom. The molecule has 1 aliphatic rings. The molecule has 1 atom stereocenters. The summed E-state index contributed by atoms with van der Waals surface area (Å²) in [7, 11) is 0. The van der Waals surface area contributed by atoms with Crippen molar-refractivity contribution in [3.8, 4) is 5.75 Å². The Labute approximate surface area is 137 Å². The number of aliphatic imine (C=N–C) groups is 1. The van der Waals surface area contributed by atoms with Crippen LogP contribution in [0.25, 0.3) is 0 Å². The van der Waals surface area contributed by atoms with E-state index in [0.29, 0.717) is 6.54 Å². The van der Waals surface area contributed by atoms with E-state index in [-0.39, 0.29) is 11.9 Å². The van der Waals surface area contributed by atoms with Gasteiger partial charge in [0.2, 0.25) is 0 Å². The van der Waals surface area contributed by atoms with E-state index in [9.17, 15) is 5.11 Å². The zero-order chi connectivity index (χ0) is 16.3. The Morgan fingerprint density at radius 3 is 3.09 bits per heavy atom. The lowest BCUT2D eigenvalue weighted by Gasteiger charge is -2.13. The number of phenols is 1. The molecule has 1 aliphatic heterocycles. The third-order valence-corrected chi connectivity index (χ3v) is 3.53. The molecular formula is C17H27N3O3. The van der Waals surface area contributed by atoms with Gasteiger partial charge in [0, 0.05) is 26.3 Å². The van der Waals surface area contributed by atoms with Gasteiger partial charge in [0.1, 0.15) is 5.75 Å². The molecule has 1 aromatic carbocycles. The quantitative estimate of drug-likeness (QED) is 0.386. The Morgan fingerprint density at radius 2 is 2.35 bits per heavy atom. The maximum atomic E-state index is 9.47. The lowest BCUT2D eigenvalue weighted by atomic mass is 10.2. The van der Waals surface area contributed by atoms with Crippen LogP contribution in [0.5, 0.6) is 5.75 Å². The molecule has 1 saturated heterocycles. The van der Waals surface area contributed by atoms with Crippen LogP contribution < -0.4 is 10.6 Å². The van der Waals surface area contributed by atoms with Crippen LogP contribution in [0.2, 0.25) is 0 Å². The predicted octanol–water partition coefficient (Wildman–Crippen LogP) is 1.64. The van der Waals surface area contributed by atoms with Crippen molar-refractivity contribution < 1.29 is 14.6 Å². The topological polar surface area (TPSA) is 75.1 Å². The number of nitrogens with zero attached hydrogens (tertiary/aromatic N) is 1. The summed E-state index contributed by atoms with van der Waals surface area (Å²) in [5.74, 6) is 1.05. The van der Waals surface area contributed by atoms with Crippen molar-refractivity contribution >= 4 is 5.96 Å². The Kier molecular flexibility index (Phi) is 7.69. The van der Waals surface area contributed by atoms with E-state index in [4.69, 9.17) is 9.47 Å². The van der Waals surface area contributed by atoms with Crippen molar-refractivity contribution in [1.29, 1.82) is 0 Å². The van der Waals surface area contributed by atoms with E-state index in [1.54, 1.807) is 12.1 Å². The summed E-state index contributed by atoms with van der Waals surface area (Å²) in [4.78, 5) is 4.52. The van der Waals surface area contributed by atoms with E-state index in [1.165, 1.54) is 0 Å². The lowest BCUT2D eigenvalue weighted by molar-refractivity contribution is 0.0420. The van der Waals surface area contributed by atoms with Crippen LogP contribution in [0.15, 0.2) is 29.3 Å². The summed E-state index contributed by atoms with van der Waals surface area (Å²) in [5.41, 5.74) is 0.978. The highest BCUT2D eigenvalue weighted by Crippen LogP contribution is 2.11. The second-order valence-corrected chi connectivity index (χ2v) is 5.50. The normalized spacial score (nSPS) is 18.1. The van der Waals surface area contributed by atoms with Gasteiger partial charge in [0.05, 0.1) is 19.3 Å². The molecule has 0 bridgehead atoms. The maximum absolute atomic E-state index is 9.47. The number of guanidine groups is 1. The summed E-state index contributed by atoms with van der Waals surface area (Å²) < 4.78 is 11.0. The van der Waals surface area contributed by atoms with E-state index in [0.717, 1.165) is 57.3 Å². The largest absolute Gasteiger partial charge is 0.508 e. The van der Waals surface area contributed by atoms with Gasteiger partial charge in [-0.2, -0.15) is 0 Å². The molecule has 6 nitrogen and oxygen atoms in total. The van der Waals surface area contributed by atoms with E-state index >= 15 is 0 Å². The van der Waals surface area contributed by atoms with Crippen molar-refractivity contribution in [3.63, 3.8) is 0 Å². The van der Waals surface area contributed by atoms with Gasteiger partial charge in [-0.15, -0.1) is 0 Å². The first kappa shape index (κ1) is 17.6. The second kappa shape index (κ2) is 10.1. The molecule has 0 aliphatic carbocycles. The minimum Gasteiger partial charge on any atom is -0.508 e. The highest BCUT2D eigenvalue weighted by molar-refractivity contribution is 5.79. The lowest BCUT2D eigenvalue weighted by Crippen LogP contribution is -2.38. The van der Waals surface area contributed by atoms with E-state index in [2.05, 4.69) is 15.6 Å². The van der Waals surface area contributed by atoms with Crippen LogP contribution >= 0.6 is 0 Å². The first-order valence-corrected chi connectivity index (χ1v) is 8.27. The average Bonchev–Trinajstić information content (AvgIpc) is 3.05. The molecule has 0 aromatic heterocycles. The summed E-state index contributed by atoms with van der Waals surface area (Å²) >= 11 is 0. The monoisotopic (exact) mass is 321 g/mol. The maximum Gasteiger partial charge on any atom is 0.191 e. The van der Waals surface area contributed by atoms with Crippen molar-refractivity contribution in [3.05, 3.63) is 29.8 Å². The Bertz CT molecular complexity index is 488. The third kappa shape index (κ3) is 6.88. The minimum atomic E-state index is 0.266. The Balaban J connectivity index is 1.68. The van der Waals surface area contributed by atoms with E-state index in [1.807, 2.05) is 19.1 Å². The van der Waals surface area contributed by atoms with Crippen LogP contribution in [-0.4, -0.2) is 50.1 Å². The number of rotatable bonds is 8. The van der Waals surface area contributed by atoms with Gasteiger partial charge in [-0.1, -0.05) is 12.1 Å². The van der Waals surface area contributed by atoms with Crippen molar-refractivity contribution in [2.45, 2.75) is 32.4 Å². The second-order valence-electron chi connectivity index (χ2n) is 5.50. The third-order valence-electron chi connectivity index (χ3n) is 3.53. The first-order valence-electron chi connectivity index (χ1n) is 8.27. The molecule has 3 N–H and O–H groups in total. The summed E-state index contributed by atoms with van der Waals surface area (Å²) in [6, 6.07) is 7.16. The van der Waals surface area contributed by atoms with Crippen LogP contribution in [-0.2, 0) is 16.0 Å². The summed E-state index contributed by atoms with van der Waals surface area (Å²) in [6.45, 7) is 6.44. The highest BCUT2D eigenvalue weighted by atomic mass is 16.5. The molecule has 2 rings (SSSR count). The number of aromatic hydroxyl groups is 1. The SMILES string of the molecule is CCNC(=NCc1cccc(O)c1)NCCCOC1CCOC1. The van der Waals surface area contributed by atoms with Crippen molar-refractivity contribution in [2.24, 2.45) is 4.99 Å². The van der Waals surface area contributed by atoms with Crippen LogP contribution in [0.3, 0.4) is 0 Å². The molecule has 0 spiro atoms. The molecule has 23 heavy (non-hydrogen) atoms. The molecule has 6 heteroatoms. The van der Waals surface area contributed by atoms with Gasteiger partial charge >= 0.3 is 0 Å². The average molecular weight is 321 g/mol. The standard InChI is InChI=1S/C17H27N3O3/c1-2-18-17(20-12-14-5-3-6-15(21)11-14)19-8-4-9-23-16-7-10-22-13-16/h3,5-6,11,16,21H,2,4,7-10,12-13H2,1H3,(H2,18,19,20). The molecule has 1 heterocycles. The molecule has 1 fully saturated rings. The van der Waals surface area contributed by atoms with E-state index < -0.39 is 0 Å². The zero-order valence-electron chi connectivity index (χ0n) is 13.8. The smallest absolute Gasteiger partial charge is 0.191 e. The van der Waals surface area contributed by atoms with Gasteiger partial charge < -0.3 is 25.2 Å². The number of hydrogen-bond acceptors (Lipinski definition) is 4. The molecule has 0 amide bonds. The minimum absolute atomic E-state index is 0.266. The first-order chi connectivity index (χ1) is 11.3. The van der Waals surface area contributed by atoms with Crippen LogP contribution in [0.4, 0.5) is 0 Å². The molecule has 1 aromatic rings. The fourth-order valence-corrected chi connectivity index (χ4v) is 2.34. The molecule has 1 unspecified atom stereocenters. The molecular weight excluding hydrogens is 294 g/mol.